The van der Waals surface area contributed by atoms with Gasteiger partial charge in [-0.15, -0.1) is 0 Å². The van der Waals surface area contributed by atoms with E-state index in [1.807, 2.05) is 0 Å². The van der Waals surface area contributed by atoms with Crippen molar-refractivity contribution in [3.8, 4) is 0 Å². The largest absolute Gasteiger partial charge is 0.396 e. The minimum atomic E-state index is -0.0249. The Balaban J connectivity index is 2.07. The highest BCUT2D eigenvalue weighted by Crippen LogP contribution is 2.16. The highest BCUT2D eigenvalue weighted by atomic mass is 16.3. The van der Waals surface area contributed by atoms with E-state index < -0.39 is 0 Å². The molecule has 5 heteroatoms. The molecule has 0 aliphatic carbocycles. The molecule has 0 atom stereocenters. The Morgan fingerprint density at radius 2 is 1.86 bits per heavy atom. The van der Waals surface area contributed by atoms with Crippen molar-refractivity contribution < 1.29 is 14.7 Å². The SMILES string of the molecule is CC(C)CCCCCC(=O)NCC(=O)N1CCC(CO)CC1. The zero-order valence-electron chi connectivity index (χ0n) is 14.1. The quantitative estimate of drug-likeness (QED) is 0.639. The molecule has 1 heterocycles. The van der Waals surface area contributed by atoms with E-state index in [1.54, 1.807) is 4.90 Å². The van der Waals surface area contributed by atoms with Crippen LogP contribution < -0.4 is 5.32 Å². The van der Waals surface area contributed by atoms with Crippen LogP contribution in [0.15, 0.2) is 0 Å². The molecule has 22 heavy (non-hydrogen) atoms. The van der Waals surface area contributed by atoms with Crippen molar-refractivity contribution in [3.63, 3.8) is 0 Å². The summed E-state index contributed by atoms with van der Waals surface area (Å²) in [5, 5.41) is 11.8. The Kier molecular flexibility index (Phi) is 9.13. The van der Waals surface area contributed by atoms with E-state index in [-0.39, 0.29) is 25.0 Å². The molecule has 0 aromatic carbocycles. The molecule has 0 aromatic rings. The molecule has 2 amide bonds. The predicted molar refractivity (Wildman–Crippen MR) is 87.3 cm³/mol. The summed E-state index contributed by atoms with van der Waals surface area (Å²) in [5.74, 6) is 1.01. The third-order valence-corrected chi connectivity index (χ3v) is 4.35. The van der Waals surface area contributed by atoms with E-state index in [4.69, 9.17) is 5.11 Å². The Labute approximate surface area is 134 Å². The van der Waals surface area contributed by atoms with Crippen LogP contribution in [0.3, 0.4) is 0 Å². The number of amides is 2. The number of carbonyl (C=O) groups excluding carboxylic acids is 2. The van der Waals surface area contributed by atoms with Crippen LogP contribution in [0.25, 0.3) is 0 Å². The first-order valence-electron chi connectivity index (χ1n) is 8.68. The summed E-state index contributed by atoms with van der Waals surface area (Å²) in [6, 6.07) is 0. The number of nitrogens with one attached hydrogen (secondary N) is 1. The van der Waals surface area contributed by atoms with Crippen molar-refractivity contribution in [1.29, 1.82) is 0 Å². The van der Waals surface area contributed by atoms with Crippen molar-refractivity contribution in [2.45, 2.75) is 58.8 Å². The fraction of sp³-hybridized carbons (Fsp3) is 0.882. The Morgan fingerprint density at radius 1 is 1.18 bits per heavy atom. The van der Waals surface area contributed by atoms with Crippen LogP contribution in [0.2, 0.25) is 0 Å². The lowest BCUT2D eigenvalue weighted by Crippen LogP contribution is -2.44. The molecule has 0 spiro atoms. The van der Waals surface area contributed by atoms with Gasteiger partial charge in [0.25, 0.3) is 0 Å². The van der Waals surface area contributed by atoms with Crippen LogP contribution in [0, 0.1) is 11.8 Å². The predicted octanol–water partition coefficient (Wildman–Crippen LogP) is 1.94. The molecule has 1 fully saturated rings. The van der Waals surface area contributed by atoms with Gasteiger partial charge in [-0.25, -0.2) is 0 Å². The summed E-state index contributed by atoms with van der Waals surface area (Å²) < 4.78 is 0. The molecule has 128 valence electrons. The smallest absolute Gasteiger partial charge is 0.241 e. The van der Waals surface area contributed by atoms with Crippen LogP contribution in [0.5, 0.6) is 0 Å². The standard InChI is InChI=1S/C17H32N2O3/c1-14(2)6-4-3-5-7-16(21)18-12-17(22)19-10-8-15(13-20)9-11-19/h14-15,20H,3-13H2,1-2H3,(H,18,21). The molecule has 2 N–H and O–H groups in total. The molecule has 0 aromatic heterocycles. The third kappa shape index (κ3) is 7.78. The first-order chi connectivity index (χ1) is 10.5. The van der Waals surface area contributed by atoms with Crippen molar-refractivity contribution in [2.75, 3.05) is 26.2 Å². The number of unbranched alkanes of at least 4 members (excludes halogenated alkanes) is 2. The number of nitrogens with zero attached hydrogens (tertiary/aromatic N) is 1. The molecule has 0 bridgehead atoms. The van der Waals surface area contributed by atoms with Gasteiger partial charge in [-0.1, -0.05) is 33.1 Å². The summed E-state index contributed by atoms with van der Waals surface area (Å²) in [7, 11) is 0. The summed E-state index contributed by atoms with van der Waals surface area (Å²) in [6.45, 7) is 6.11. The van der Waals surface area contributed by atoms with Crippen LogP contribution in [0.4, 0.5) is 0 Å². The molecule has 1 aliphatic rings. The average Bonchev–Trinajstić information content (AvgIpc) is 2.52. The first-order valence-corrected chi connectivity index (χ1v) is 8.68. The molecule has 1 saturated heterocycles. The zero-order valence-corrected chi connectivity index (χ0v) is 14.1. The van der Waals surface area contributed by atoms with Gasteiger partial charge in [-0.05, 0) is 31.1 Å². The second-order valence-electron chi connectivity index (χ2n) is 6.78. The summed E-state index contributed by atoms with van der Waals surface area (Å²) >= 11 is 0. The van der Waals surface area contributed by atoms with Gasteiger partial charge in [-0.2, -0.15) is 0 Å². The zero-order chi connectivity index (χ0) is 16.4. The monoisotopic (exact) mass is 312 g/mol. The normalized spacial score (nSPS) is 16.1. The van der Waals surface area contributed by atoms with E-state index >= 15 is 0 Å². The highest BCUT2D eigenvalue weighted by molar-refractivity contribution is 5.84. The lowest BCUT2D eigenvalue weighted by Gasteiger charge is -2.31. The van der Waals surface area contributed by atoms with Crippen molar-refractivity contribution in [2.24, 2.45) is 11.8 Å². The second-order valence-corrected chi connectivity index (χ2v) is 6.78. The molecule has 5 nitrogen and oxygen atoms in total. The lowest BCUT2D eigenvalue weighted by atomic mass is 9.98. The van der Waals surface area contributed by atoms with E-state index in [2.05, 4.69) is 19.2 Å². The average molecular weight is 312 g/mol. The van der Waals surface area contributed by atoms with Gasteiger partial charge in [0.2, 0.25) is 11.8 Å². The molecule has 1 aliphatic heterocycles. The molecule has 1 rings (SSSR count). The number of likely N-dealkylation sites (tertiary alicyclic amines) is 1. The van der Waals surface area contributed by atoms with Crippen molar-refractivity contribution >= 4 is 11.8 Å². The maximum absolute atomic E-state index is 12.0. The lowest BCUT2D eigenvalue weighted by molar-refractivity contribution is -0.134. The first kappa shape index (κ1) is 18.9. The third-order valence-electron chi connectivity index (χ3n) is 4.35. The maximum Gasteiger partial charge on any atom is 0.241 e. The number of hydrogen-bond acceptors (Lipinski definition) is 3. The number of hydrogen-bond donors (Lipinski definition) is 2. The Morgan fingerprint density at radius 3 is 2.45 bits per heavy atom. The van der Waals surface area contributed by atoms with E-state index in [0.29, 0.717) is 25.4 Å². The van der Waals surface area contributed by atoms with Gasteiger partial charge in [0.05, 0.1) is 6.54 Å². The van der Waals surface area contributed by atoms with Crippen molar-refractivity contribution in [3.05, 3.63) is 0 Å². The summed E-state index contributed by atoms with van der Waals surface area (Å²) in [4.78, 5) is 25.5. The van der Waals surface area contributed by atoms with Gasteiger partial charge >= 0.3 is 0 Å². The van der Waals surface area contributed by atoms with Crippen LogP contribution in [-0.2, 0) is 9.59 Å². The fourth-order valence-corrected chi connectivity index (χ4v) is 2.75. The highest BCUT2D eigenvalue weighted by Gasteiger charge is 2.22. The van der Waals surface area contributed by atoms with Crippen LogP contribution in [-0.4, -0.2) is 48.1 Å². The van der Waals surface area contributed by atoms with Gasteiger partial charge in [0, 0.05) is 26.1 Å². The minimum absolute atomic E-state index is 0.00968. The number of carbonyl (C=O) groups is 2. The molecule has 0 radical (unpaired) electrons. The van der Waals surface area contributed by atoms with Crippen molar-refractivity contribution in [1.82, 2.24) is 10.2 Å². The van der Waals surface area contributed by atoms with Gasteiger partial charge in [0.1, 0.15) is 0 Å². The van der Waals surface area contributed by atoms with E-state index in [1.165, 1.54) is 12.8 Å². The number of aliphatic hydroxyl groups excluding tert-OH is 1. The minimum Gasteiger partial charge on any atom is -0.396 e. The van der Waals surface area contributed by atoms with E-state index in [9.17, 15) is 9.59 Å². The topological polar surface area (TPSA) is 69.6 Å². The van der Waals surface area contributed by atoms with Gasteiger partial charge in [-0.3, -0.25) is 9.59 Å². The van der Waals surface area contributed by atoms with Gasteiger partial charge < -0.3 is 15.3 Å². The second kappa shape index (κ2) is 10.6. The number of rotatable bonds is 9. The Bertz CT molecular complexity index is 337. The number of piperidine rings is 1. The molecular weight excluding hydrogens is 280 g/mol. The van der Waals surface area contributed by atoms with Crippen LogP contribution >= 0.6 is 0 Å². The van der Waals surface area contributed by atoms with Gasteiger partial charge in [0.15, 0.2) is 0 Å². The molecular formula is C17H32N2O3. The molecule has 0 saturated carbocycles. The molecule has 0 unspecified atom stereocenters. The number of aliphatic hydroxyl groups is 1. The summed E-state index contributed by atoms with van der Waals surface area (Å²) in [5.41, 5.74) is 0. The maximum atomic E-state index is 12.0. The Hall–Kier alpha value is -1.10. The van der Waals surface area contributed by atoms with Crippen LogP contribution in [0.1, 0.15) is 58.8 Å². The fourth-order valence-electron chi connectivity index (χ4n) is 2.75. The van der Waals surface area contributed by atoms with E-state index in [0.717, 1.165) is 31.6 Å². The summed E-state index contributed by atoms with van der Waals surface area (Å²) in [6.07, 6.45) is 6.58.